The number of hydrogen-bond acceptors (Lipinski definition) is 5. The lowest BCUT2D eigenvalue weighted by Gasteiger charge is -2.30. The fourth-order valence-electron chi connectivity index (χ4n) is 2.75. The van der Waals surface area contributed by atoms with Gasteiger partial charge in [0.1, 0.15) is 6.54 Å². The molecule has 24 heavy (non-hydrogen) atoms. The number of carboxylic acids is 1. The Morgan fingerprint density at radius 2 is 2.04 bits per heavy atom. The molecule has 0 bridgehead atoms. The summed E-state index contributed by atoms with van der Waals surface area (Å²) in [6.07, 6.45) is 1.31. The number of aromatic nitrogens is 4. The summed E-state index contributed by atoms with van der Waals surface area (Å²) < 4.78 is 0. The Balaban J connectivity index is 1.65. The largest absolute Gasteiger partial charge is 0.481 e. The van der Waals surface area contributed by atoms with Crippen molar-refractivity contribution in [3.05, 3.63) is 29.8 Å². The summed E-state index contributed by atoms with van der Waals surface area (Å²) in [5.74, 6) is -1.07. The van der Waals surface area contributed by atoms with Gasteiger partial charge >= 0.3 is 5.97 Å². The average molecular weight is 329 g/mol. The van der Waals surface area contributed by atoms with E-state index in [0.717, 1.165) is 11.1 Å². The lowest BCUT2D eigenvalue weighted by atomic mass is 9.98. The molecular formula is C16H19N5O3. The Kier molecular flexibility index (Phi) is 4.54. The maximum Gasteiger partial charge on any atom is 0.308 e. The summed E-state index contributed by atoms with van der Waals surface area (Å²) >= 11 is 0. The van der Waals surface area contributed by atoms with Gasteiger partial charge in [0, 0.05) is 18.7 Å². The number of carbonyl (C=O) groups is 2. The maximum absolute atomic E-state index is 12.3. The highest BCUT2D eigenvalue weighted by molar-refractivity contribution is 5.77. The first-order valence-corrected chi connectivity index (χ1v) is 7.88. The molecule has 1 N–H and O–H groups in total. The fourth-order valence-corrected chi connectivity index (χ4v) is 2.75. The van der Waals surface area contributed by atoms with Crippen LogP contribution in [-0.2, 0) is 16.1 Å². The summed E-state index contributed by atoms with van der Waals surface area (Å²) in [6, 6.07) is 7.73. The van der Waals surface area contributed by atoms with Crippen molar-refractivity contribution in [2.45, 2.75) is 26.3 Å². The van der Waals surface area contributed by atoms with Gasteiger partial charge in [-0.3, -0.25) is 9.59 Å². The molecule has 0 aliphatic carbocycles. The molecule has 0 spiro atoms. The van der Waals surface area contributed by atoms with E-state index in [1.54, 1.807) is 4.90 Å². The zero-order chi connectivity index (χ0) is 17.1. The number of likely N-dealkylation sites (tertiary alicyclic amines) is 1. The monoisotopic (exact) mass is 329 g/mol. The van der Waals surface area contributed by atoms with Gasteiger partial charge in [0.25, 0.3) is 0 Å². The third kappa shape index (κ3) is 3.58. The van der Waals surface area contributed by atoms with Crippen LogP contribution in [0.1, 0.15) is 18.4 Å². The van der Waals surface area contributed by atoms with Crippen LogP contribution in [0.5, 0.6) is 0 Å². The second-order valence-corrected chi connectivity index (χ2v) is 6.03. The van der Waals surface area contributed by atoms with E-state index in [2.05, 4.69) is 15.4 Å². The molecule has 126 valence electrons. The second-order valence-electron chi connectivity index (χ2n) is 6.03. The third-order valence-electron chi connectivity index (χ3n) is 4.16. The first-order chi connectivity index (χ1) is 11.5. The number of carbonyl (C=O) groups excluding carboxylic acids is 1. The number of rotatable bonds is 4. The van der Waals surface area contributed by atoms with Crippen molar-refractivity contribution < 1.29 is 14.7 Å². The lowest BCUT2D eigenvalue weighted by Crippen LogP contribution is -2.43. The van der Waals surface area contributed by atoms with Crippen molar-refractivity contribution in [3.8, 4) is 11.4 Å². The molecule has 3 rings (SSSR count). The van der Waals surface area contributed by atoms with Crippen LogP contribution in [0.4, 0.5) is 0 Å². The summed E-state index contributed by atoms with van der Waals surface area (Å²) in [7, 11) is 0. The summed E-state index contributed by atoms with van der Waals surface area (Å²) in [5, 5.41) is 21.2. The molecule has 1 unspecified atom stereocenters. The van der Waals surface area contributed by atoms with Crippen LogP contribution in [-0.4, -0.2) is 55.2 Å². The standard InChI is InChI=1S/C16H19N5O3/c1-11-4-6-12(7-5-11)15-17-19-21(18-15)10-14(22)20-8-2-3-13(9-20)16(23)24/h4-7,13H,2-3,8-10H2,1H3,(H,23,24). The van der Waals surface area contributed by atoms with E-state index in [1.807, 2.05) is 31.2 Å². The average Bonchev–Trinajstić information content (AvgIpc) is 3.04. The van der Waals surface area contributed by atoms with Gasteiger partial charge in [0.05, 0.1) is 5.92 Å². The Morgan fingerprint density at radius 3 is 2.75 bits per heavy atom. The molecule has 1 aliphatic rings. The zero-order valence-electron chi connectivity index (χ0n) is 13.4. The van der Waals surface area contributed by atoms with Gasteiger partial charge in [-0.1, -0.05) is 29.8 Å². The Morgan fingerprint density at radius 1 is 1.29 bits per heavy atom. The molecule has 2 heterocycles. The normalized spacial score (nSPS) is 17.7. The number of amides is 1. The molecule has 0 saturated carbocycles. The number of hydrogen-bond donors (Lipinski definition) is 1. The van der Waals surface area contributed by atoms with Crippen LogP contribution in [0.3, 0.4) is 0 Å². The number of carboxylic acid groups (broad SMARTS) is 1. The van der Waals surface area contributed by atoms with Gasteiger partial charge in [-0.15, -0.1) is 10.2 Å². The third-order valence-corrected chi connectivity index (χ3v) is 4.16. The number of benzene rings is 1. The number of nitrogens with zero attached hydrogens (tertiary/aromatic N) is 5. The number of tetrazole rings is 1. The fraction of sp³-hybridized carbons (Fsp3) is 0.438. The second kappa shape index (κ2) is 6.77. The van der Waals surface area contributed by atoms with Crippen molar-refractivity contribution in [2.75, 3.05) is 13.1 Å². The molecule has 1 fully saturated rings. The van der Waals surface area contributed by atoms with Crippen LogP contribution >= 0.6 is 0 Å². The smallest absolute Gasteiger partial charge is 0.308 e. The van der Waals surface area contributed by atoms with Gasteiger partial charge < -0.3 is 10.0 Å². The van der Waals surface area contributed by atoms with Crippen LogP contribution in [0.25, 0.3) is 11.4 Å². The van der Waals surface area contributed by atoms with Crippen LogP contribution in [0.15, 0.2) is 24.3 Å². The molecule has 8 heteroatoms. The van der Waals surface area contributed by atoms with Gasteiger partial charge in [-0.05, 0) is 25.0 Å². The topological polar surface area (TPSA) is 101 Å². The molecule has 1 aliphatic heterocycles. The predicted molar refractivity (Wildman–Crippen MR) is 84.9 cm³/mol. The number of piperidine rings is 1. The quantitative estimate of drug-likeness (QED) is 0.897. The van der Waals surface area contributed by atoms with Gasteiger partial charge in [-0.2, -0.15) is 4.80 Å². The highest BCUT2D eigenvalue weighted by Crippen LogP contribution is 2.17. The van der Waals surface area contributed by atoms with Crippen molar-refractivity contribution in [1.29, 1.82) is 0 Å². The molecule has 1 atom stereocenters. The van der Waals surface area contributed by atoms with E-state index in [-0.39, 0.29) is 19.0 Å². The molecule has 1 amide bonds. The summed E-state index contributed by atoms with van der Waals surface area (Å²) in [5.41, 5.74) is 1.97. The minimum absolute atomic E-state index is 0.0365. The lowest BCUT2D eigenvalue weighted by molar-refractivity contribution is -0.145. The van der Waals surface area contributed by atoms with Gasteiger partial charge in [0.15, 0.2) is 0 Å². The summed E-state index contributed by atoms with van der Waals surface area (Å²) in [6.45, 7) is 2.77. The number of aryl methyl sites for hydroxylation is 1. The van der Waals surface area contributed by atoms with E-state index >= 15 is 0 Å². The minimum Gasteiger partial charge on any atom is -0.481 e. The predicted octanol–water partition coefficient (Wildman–Crippen LogP) is 0.972. The Labute approximate surface area is 139 Å². The molecule has 2 aromatic rings. The van der Waals surface area contributed by atoms with Crippen LogP contribution < -0.4 is 0 Å². The molecule has 1 saturated heterocycles. The van der Waals surface area contributed by atoms with E-state index < -0.39 is 11.9 Å². The SMILES string of the molecule is Cc1ccc(-c2nnn(CC(=O)N3CCCC(C(=O)O)C3)n2)cc1. The van der Waals surface area contributed by atoms with Crippen LogP contribution in [0, 0.1) is 12.8 Å². The summed E-state index contributed by atoms with van der Waals surface area (Å²) in [4.78, 5) is 26.2. The number of aliphatic carboxylic acids is 1. The van der Waals surface area contributed by atoms with E-state index in [9.17, 15) is 9.59 Å². The highest BCUT2D eigenvalue weighted by Gasteiger charge is 2.28. The van der Waals surface area contributed by atoms with E-state index in [1.165, 1.54) is 4.80 Å². The Hall–Kier alpha value is -2.77. The Bertz CT molecular complexity index is 740. The first-order valence-electron chi connectivity index (χ1n) is 7.88. The highest BCUT2D eigenvalue weighted by atomic mass is 16.4. The van der Waals surface area contributed by atoms with Crippen molar-refractivity contribution in [3.63, 3.8) is 0 Å². The molecule has 1 aromatic heterocycles. The minimum atomic E-state index is -0.854. The van der Waals surface area contributed by atoms with Gasteiger partial charge in [-0.25, -0.2) is 0 Å². The molecular weight excluding hydrogens is 310 g/mol. The van der Waals surface area contributed by atoms with Crippen molar-refractivity contribution in [2.24, 2.45) is 5.92 Å². The molecule has 8 nitrogen and oxygen atoms in total. The van der Waals surface area contributed by atoms with Crippen molar-refractivity contribution in [1.82, 2.24) is 25.1 Å². The van der Waals surface area contributed by atoms with Crippen molar-refractivity contribution >= 4 is 11.9 Å². The maximum atomic E-state index is 12.3. The molecule has 1 aromatic carbocycles. The first kappa shape index (κ1) is 16.1. The zero-order valence-corrected chi connectivity index (χ0v) is 13.4. The van der Waals surface area contributed by atoms with E-state index in [4.69, 9.17) is 5.11 Å². The van der Waals surface area contributed by atoms with Gasteiger partial charge in [0.2, 0.25) is 11.7 Å². The van der Waals surface area contributed by atoms with Crippen LogP contribution in [0.2, 0.25) is 0 Å². The van der Waals surface area contributed by atoms with E-state index in [0.29, 0.717) is 25.2 Å². The molecule has 0 radical (unpaired) electrons.